The predicted octanol–water partition coefficient (Wildman–Crippen LogP) is -1.71. The van der Waals surface area contributed by atoms with Crippen molar-refractivity contribution in [2.45, 2.75) is 64.2 Å². The summed E-state index contributed by atoms with van der Waals surface area (Å²) < 4.78 is 0. The Morgan fingerprint density at radius 1 is 0.561 bits per heavy atom. The fourth-order valence-electron chi connectivity index (χ4n) is 2.82. The van der Waals surface area contributed by atoms with Gasteiger partial charge < -0.3 is 57.2 Å². The summed E-state index contributed by atoms with van der Waals surface area (Å²) in [5.74, 6) is -3.37. The number of carbonyl (C=O) groups is 4. The van der Waals surface area contributed by atoms with Crippen molar-refractivity contribution < 1.29 is 66.8 Å². The summed E-state index contributed by atoms with van der Waals surface area (Å²) >= 11 is 0. The van der Waals surface area contributed by atoms with E-state index in [0.717, 1.165) is 25.9 Å². The molecule has 0 radical (unpaired) electrons. The molecule has 0 saturated heterocycles. The molecule has 0 saturated carbocycles. The number of rotatable bonds is 14. The molecule has 2 rings (SSSR count). The summed E-state index contributed by atoms with van der Waals surface area (Å²) in [4.78, 5) is 39.3. The van der Waals surface area contributed by atoms with Crippen molar-refractivity contribution in [2.75, 3.05) is 13.1 Å². The molecule has 0 spiro atoms. The lowest BCUT2D eigenvalue weighted by Crippen LogP contribution is -2.51. The van der Waals surface area contributed by atoms with Gasteiger partial charge in [-0.2, -0.15) is 0 Å². The lowest BCUT2D eigenvalue weighted by Gasteiger charge is -2.01. The van der Waals surface area contributed by atoms with E-state index in [9.17, 15) is 29.4 Å². The van der Waals surface area contributed by atoms with Crippen LogP contribution in [0.1, 0.15) is 62.5 Å². The normalized spacial score (nSPS) is 9.22. The minimum absolute atomic E-state index is 0. The van der Waals surface area contributed by atoms with Crippen molar-refractivity contribution in [3.8, 4) is 11.5 Å². The van der Waals surface area contributed by atoms with Crippen LogP contribution in [0.15, 0.2) is 48.5 Å². The Morgan fingerprint density at radius 2 is 0.829 bits per heavy atom. The van der Waals surface area contributed by atoms with E-state index in [1.807, 2.05) is 24.3 Å². The van der Waals surface area contributed by atoms with Crippen LogP contribution in [0.25, 0.3) is 0 Å². The van der Waals surface area contributed by atoms with Crippen LogP contribution in [0.4, 0.5) is 0 Å². The van der Waals surface area contributed by atoms with Gasteiger partial charge in [0.15, 0.2) is 0 Å². The van der Waals surface area contributed by atoms with Crippen LogP contribution in [0.3, 0.4) is 0 Å². The summed E-state index contributed by atoms with van der Waals surface area (Å²) in [5.41, 5.74) is 9.94. The summed E-state index contributed by atoms with van der Waals surface area (Å²) in [6.45, 7) is 1.82. The molecule has 0 fully saturated rings. The summed E-state index contributed by atoms with van der Waals surface area (Å²) in [6.07, 6.45) is 3.53. The molecule has 0 aliphatic carbocycles. The van der Waals surface area contributed by atoms with Crippen molar-refractivity contribution in [3.05, 3.63) is 59.7 Å². The van der Waals surface area contributed by atoms with Crippen LogP contribution in [-0.2, 0) is 32.0 Å². The molecule has 0 atom stereocenters. The molecule has 13 nitrogen and oxygen atoms in total. The SMILES string of the molecule is O.O=C(O)CCCCC(=O)O.O=C([O-])CCCCC(=O)[O-].[NH3+]CCc1ccc(O)cc1.[NH3+]CCc1ccc(O)cc1. The second kappa shape index (κ2) is 27.4. The highest BCUT2D eigenvalue weighted by atomic mass is 16.4. The fraction of sp³-hybridized carbons (Fsp3) is 0.429. The van der Waals surface area contributed by atoms with E-state index in [1.54, 1.807) is 24.3 Å². The minimum atomic E-state index is -1.14. The van der Waals surface area contributed by atoms with Crippen LogP contribution in [0.5, 0.6) is 11.5 Å². The maximum absolute atomic E-state index is 9.90. The minimum Gasteiger partial charge on any atom is -0.550 e. The van der Waals surface area contributed by atoms with Gasteiger partial charge >= 0.3 is 11.9 Å². The number of quaternary nitrogens is 2. The number of carboxylic acids is 4. The molecular formula is C28H44N2O11. The zero-order valence-electron chi connectivity index (χ0n) is 23.3. The van der Waals surface area contributed by atoms with E-state index in [4.69, 9.17) is 20.4 Å². The average molecular weight is 585 g/mol. The molecule has 12 N–H and O–H groups in total. The number of phenolic OH excluding ortho intramolecular Hbond substituents is 2. The maximum Gasteiger partial charge on any atom is 0.303 e. The van der Waals surface area contributed by atoms with E-state index in [0.29, 0.717) is 37.2 Å². The van der Waals surface area contributed by atoms with E-state index < -0.39 is 23.9 Å². The van der Waals surface area contributed by atoms with Gasteiger partial charge in [0.1, 0.15) is 11.5 Å². The predicted molar refractivity (Wildman–Crippen MR) is 145 cm³/mol. The Morgan fingerprint density at radius 3 is 1.05 bits per heavy atom. The van der Waals surface area contributed by atoms with Gasteiger partial charge in [0.2, 0.25) is 0 Å². The molecule has 0 amide bonds. The van der Waals surface area contributed by atoms with Crippen molar-refractivity contribution >= 4 is 23.9 Å². The standard InChI is InChI=1S/2C8H11NO.2C6H10O4.H2O/c2*9-6-5-7-1-3-8(10)4-2-7;2*7-5(8)3-1-2-4-6(9)10;/h2*1-4,10H,5-6,9H2;2*1-4H2,(H,7,8)(H,9,10);1H2. The Bertz CT molecular complexity index is 855. The number of hydrogen-bond acceptors (Lipinski definition) is 8. The quantitative estimate of drug-likeness (QED) is 0.137. The molecule has 2 aromatic rings. The molecule has 0 aliphatic rings. The van der Waals surface area contributed by atoms with Gasteiger partial charge in [0.05, 0.1) is 13.1 Å². The average Bonchev–Trinajstić information content (AvgIpc) is 2.88. The van der Waals surface area contributed by atoms with Crippen molar-refractivity contribution in [3.63, 3.8) is 0 Å². The Labute approximate surface area is 239 Å². The lowest BCUT2D eigenvalue weighted by atomic mass is 10.1. The third kappa shape index (κ3) is 31.9. The molecule has 0 aromatic heterocycles. The van der Waals surface area contributed by atoms with Gasteiger partial charge in [-0.15, -0.1) is 0 Å². The van der Waals surface area contributed by atoms with Gasteiger partial charge in [0.25, 0.3) is 0 Å². The fourth-order valence-corrected chi connectivity index (χ4v) is 2.82. The molecule has 13 heteroatoms. The van der Waals surface area contributed by atoms with E-state index in [1.165, 1.54) is 11.1 Å². The number of aromatic hydroxyl groups is 2. The van der Waals surface area contributed by atoms with Crippen LogP contribution in [0, 0.1) is 0 Å². The molecule has 0 bridgehead atoms. The van der Waals surface area contributed by atoms with Crippen LogP contribution >= 0.6 is 0 Å². The van der Waals surface area contributed by atoms with Gasteiger partial charge in [0, 0.05) is 37.6 Å². The first kappa shape index (κ1) is 41.3. The summed E-state index contributed by atoms with van der Waals surface area (Å²) in [7, 11) is 0. The van der Waals surface area contributed by atoms with Crippen molar-refractivity contribution in [1.29, 1.82) is 0 Å². The first-order valence-electron chi connectivity index (χ1n) is 12.9. The number of hydrogen-bond donors (Lipinski definition) is 6. The molecule has 2 aromatic carbocycles. The first-order valence-corrected chi connectivity index (χ1v) is 12.9. The highest BCUT2D eigenvalue weighted by molar-refractivity contribution is 5.68. The second-order valence-electron chi connectivity index (χ2n) is 8.49. The van der Waals surface area contributed by atoms with Crippen LogP contribution < -0.4 is 21.7 Å². The second-order valence-corrected chi connectivity index (χ2v) is 8.49. The Balaban J connectivity index is -0.000000466. The number of aliphatic carboxylic acids is 4. The van der Waals surface area contributed by atoms with Gasteiger partial charge in [-0.3, -0.25) is 9.59 Å². The molecule has 0 aliphatic heterocycles. The zero-order chi connectivity index (χ0) is 30.8. The Hall–Kier alpha value is -4.20. The molecule has 0 heterocycles. The highest BCUT2D eigenvalue weighted by Crippen LogP contribution is 2.09. The number of unbranched alkanes of at least 4 members (excludes halogenated alkanes) is 2. The van der Waals surface area contributed by atoms with Gasteiger partial charge in [-0.1, -0.05) is 24.3 Å². The van der Waals surface area contributed by atoms with E-state index >= 15 is 0 Å². The number of carbonyl (C=O) groups excluding carboxylic acids is 2. The monoisotopic (exact) mass is 584 g/mol. The smallest absolute Gasteiger partial charge is 0.303 e. The third-order valence-corrected chi connectivity index (χ3v) is 4.85. The van der Waals surface area contributed by atoms with Crippen LogP contribution in [-0.4, -0.2) is 62.9 Å². The Kier molecular flexibility index (Phi) is 27.6. The molecule has 41 heavy (non-hydrogen) atoms. The number of phenols is 2. The number of carboxylic acid groups (broad SMARTS) is 4. The van der Waals surface area contributed by atoms with Gasteiger partial charge in [-0.25, -0.2) is 0 Å². The van der Waals surface area contributed by atoms with Crippen molar-refractivity contribution in [2.24, 2.45) is 0 Å². The highest BCUT2D eigenvalue weighted by Gasteiger charge is 1.99. The molecule has 232 valence electrons. The lowest BCUT2D eigenvalue weighted by molar-refractivity contribution is -0.367. The summed E-state index contributed by atoms with van der Waals surface area (Å²) in [6, 6.07) is 14.5. The topological polar surface area (TPSA) is 282 Å². The van der Waals surface area contributed by atoms with Crippen molar-refractivity contribution in [1.82, 2.24) is 0 Å². The van der Waals surface area contributed by atoms with E-state index in [2.05, 4.69) is 11.5 Å². The third-order valence-electron chi connectivity index (χ3n) is 4.85. The van der Waals surface area contributed by atoms with Gasteiger partial charge in [-0.05, 0) is 73.9 Å². The maximum atomic E-state index is 9.90. The first-order chi connectivity index (χ1) is 18.9. The number of benzene rings is 2. The zero-order valence-corrected chi connectivity index (χ0v) is 23.3. The summed E-state index contributed by atoms with van der Waals surface area (Å²) in [5, 5.41) is 53.6. The molecular weight excluding hydrogens is 540 g/mol. The molecule has 0 unspecified atom stereocenters. The van der Waals surface area contributed by atoms with E-state index in [-0.39, 0.29) is 31.2 Å². The van der Waals surface area contributed by atoms with Crippen LogP contribution in [0.2, 0.25) is 0 Å². The largest absolute Gasteiger partial charge is 0.550 e.